The Kier molecular flexibility index (Phi) is 11.0. The molecule has 172 valence electrons. The van der Waals surface area contributed by atoms with Crippen LogP contribution in [0.1, 0.15) is 52.8 Å². The average Bonchev–Trinajstić information content (AvgIpc) is 3.32. The lowest BCUT2D eigenvalue weighted by Gasteiger charge is -2.30. The summed E-state index contributed by atoms with van der Waals surface area (Å²) in [5.74, 6) is 1.78. The fraction of sp³-hybridized carbons (Fsp3) is 0.714. The molecule has 1 aromatic rings. The molecule has 9 heteroatoms. The molecule has 0 spiro atoms. The summed E-state index contributed by atoms with van der Waals surface area (Å²) in [4.78, 5) is 21.0. The van der Waals surface area contributed by atoms with E-state index in [0.29, 0.717) is 13.1 Å². The van der Waals surface area contributed by atoms with Crippen LogP contribution in [-0.4, -0.2) is 73.3 Å². The quantitative estimate of drug-likeness (QED) is 0.316. The molecule has 0 radical (unpaired) electrons. The van der Waals surface area contributed by atoms with Crippen LogP contribution in [0.2, 0.25) is 0 Å². The predicted octanol–water partition coefficient (Wildman–Crippen LogP) is 3.45. The molecule has 1 amide bonds. The minimum absolute atomic E-state index is 0. The fourth-order valence-corrected chi connectivity index (χ4v) is 3.62. The Morgan fingerprint density at radius 1 is 1.40 bits per heavy atom. The zero-order valence-electron chi connectivity index (χ0n) is 19.1. The third kappa shape index (κ3) is 7.98. The number of hydrogen-bond donors (Lipinski definition) is 2. The molecule has 1 fully saturated rings. The number of ether oxygens (including phenoxy) is 1. The number of furan rings is 1. The first kappa shape index (κ1) is 26.5. The predicted molar refractivity (Wildman–Crippen MR) is 130 cm³/mol. The molecule has 1 aliphatic rings. The molecule has 1 aromatic heterocycles. The number of nitrogens with zero attached hydrogens (tertiary/aromatic N) is 3. The van der Waals surface area contributed by atoms with Gasteiger partial charge >= 0.3 is 6.09 Å². The number of alkyl carbamates (subject to hydrolysis) is 1. The van der Waals surface area contributed by atoms with E-state index in [9.17, 15) is 4.79 Å². The van der Waals surface area contributed by atoms with Gasteiger partial charge in [-0.05, 0) is 52.4 Å². The Morgan fingerprint density at radius 2 is 2.10 bits per heavy atom. The first-order chi connectivity index (χ1) is 13.8. The van der Waals surface area contributed by atoms with Crippen molar-refractivity contribution in [3.63, 3.8) is 0 Å². The van der Waals surface area contributed by atoms with E-state index in [1.165, 1.54) is 0 Å². The van der Waals surface area contributed by atoms with Crippen molar-refractivity contribution >= 4 is 36.0 Å². The van der Waals surface area contributed by atoms with Gasteiger partial charge < -0.3 is 24.7 Å². The van der Waals surface area contributed by atoms with E-state index in [1.807, 2.05) is 32.9 Å². The van der Waals surface area contributed by atoms with Crippen LogP contribution in [0.5, 0.6) is 0 Å². The Balaban J connectivity index is 0.00000450. The second-order valence-electron chi connectivity index (χ2n) is 8.26. The second-order valence-corrected chi connectivity index (χ2v) is 8.26. The Labute approximate surface area is 197 Å². The molecule has 2 unspecified atom stereocenters. The number of likely N-dealkylation sites (N-methyl/N-ethyl adjacent to an activating group) is 1. The van der Waals surface area contributed by atoms with E-state index in [0.717, 1.165) is 37.8 Å². The zero-order chi connectivity index (χ0) is 21.4. The molecule has 2 rings (SSSR count). The van der Waals surface area contributed by atoms with Gasteiger partial charge in [-0.1, -0.05) is 13.8 Å². The van der Waals surface area contributed by atoms with Gasteiger partial charge in [0.1, 0.15) is 11.4 Å². The minimum Gasteiger partial charge on any atom is -0.468 e. The average molecular weight is 535 g/mol. The summed E-state index contributed by atoms with van der Waals surface area (Å²) in [5.41, 5.74) is -0.495. The van der Waals surface area contributed by atoms with Crippen molar-refractivity contribution in [3.8, 4) is 0 Å². The van der Waals surface area contributed by atoms with Gasteiger partial charge in [0.2, 0.25) is 0 Å². The molecular formula is C21H38IN5O3. The number of guanidine groups is 1. The summed E-state index contributed by atoms with van der Waals surface area (Å²) >= 11 is 0. The van der Waals surface area contributed by atoms with Gasteiger partial charge in [0.05, 0.1) is 18.3 Å². The molecule has 1 saturated heterocycles. The maximum absolute atomic E-state index is 12.0. The van der Waals surface area contributed by atoms with Gasteiger partial charge in [0, 0.05) is 26.7 Å². The first-order valence-corrected chi connectivity index (χ1v) is 10.5. The van der Waals surface area contributed by atoms with Crippen molar-refractivity contribution in [1.82, 2.24) is 20.4 Å². The van der Waals surface area contributed by atoms with Crippen molar-refractivity contribution in [2.24, 2.45) is 4.99 Å². The lowest BCUT2D eigenvalue weighted by Crippen LogP contribution is -2.46. The van der Waals surface area contributed by atoms with Gasteiger partial charge in [0.25, 0.3) is 0 Å². The summed E-state index contributed by atoms with van der Waals surface area (Å²) in [5, 5.41) is 6.45. The Morgan fingerprint density at radius 3 is 2.63 bits per heavy atom. The number of aliphatic imine (C=N–C) groups is 1. The lowest BCUT2D eigenvalue weighted by molar-refractivity contribution is 0.0507. The number of nitrogens with one attached hydrogen (secondary N) is 2. The van der Waals surface area contributed by atoms with E-state index in [1.54, 1.807) is 13.3 Å². The van der Waals surface area contributed by atoms with Gasteiger partial charge in [-0.25, -0.2) is 4.79 Å². The van der Waals surface area contributed by atoms with Crippen molar-refractivity contribution in [2.75, 3.05) is 39.8 Å². The highest BCUT2D eigenvalue weighted by Gasteiger charge is 2.29. The molecule has 2 heterocycles. The SMILES string of the molecule is CCN(CC)C(CNC(=NC)N1CCC(NC(=O)OC(C)(C)C)C1)c1ccco1.I. The molecule has 30 heavy (non-hydrogen) atoms. The molecule has 0 saturated carbocycles. The summed E-state index contributed by atoms with van der Waals surface area (Å²) < 4.78 is 11.0. The van der Waals surface area contributed by atoms with E-state index in [-0.39, 0.29) is 42.2 Å². The molecule has 0 aliphatic carbocycles. The molecular weight excluding hydrogens is 497 g/mol. The molecule has 0 aromatic carbocycles. The number of hydrogen-bond acceptors (Lipinski definition) is 5. The second kappa shape index (κ2) is 12.4. The molecule has 2 N–H and O–H groups in total. The minimum atomic E-state index is -0.495. The molecule has 1 aliphatic heterocycles. The van der Waals surface area contributed by atoms with E-state index >= 15 is 0 Å². The number of likely N-dealkylation sites (tertiary alicyclic amines) is 1. The topological polar surface area (TPSA) is 82.3 Å². The van der Waals surface area contributed by atoms with Crippen LogP contribution >= 0.6 is 24.0 Å². The maximum atomic E-state index is 12.0. The molecule has 8 nitrogen and oxygen atoms in total. The number of amides is 1. The third-order valence-corrected chi connectivity index (χ3v) is 5.00. The van der Waals surface area contributed by atoms with Crippen LogP contribution in [-0.2, 0) is 4.74 Å². The fourth-order valence-electron chi connectivity index (χ4n) is 3.62. The smallest absolute Gasteiger partial charge is 0.407 e. The third-order valence-electron chi connectivity index (χ3n) is 5.00. The van der Waals surface area contributed by atoms with Crippen molar-refractivity contribution < 1.29 is 13.9 Å². The maximum Gasteiger partial charge on any atom is 0.407 e. The summed E-state index contributed by atoms with van der Waals surface area (Å²) in [6, 6.07) is 4.13. The molecule has 0 bridgehead atoms. The van der Waals surface area contributed by atoms with Gasteiger partial charge in [0.15, 0.2) is 5.96 Å². The number of halogens is 1. The van der Waals surface area contributed by atoms with Crippen molar-refractivity contribution in [3.05, 3.63) is 24.2 Å². The standard InChI is InChI=1S/C21H37N5O3.HI/c1-7-25(8-2)17(18-10-9-13-28-18)14-23-19(22-6)26-12-11-16(15-26)24-20(27)29-21(3,4)5;/h9-10,13,16-17H,7-8,11-12,14-15H2,1-6H3,(H,22,23)(H,24,27);1H. The van der Waals surface area contributed by atoms with E-state index < -0.39 is 5.60 Å². The van der Waals surface area contributed by atoms with Crippen LogP contribution in [0, 0.1) is 0 Å². The van der Waals surface area contributed by atoms with Crippen LogP contribution in [0.25, 0.3) is 0 Å². The zero-order valence-corrected chi connectivity index (χ0v) is 21.4. The number of carbonyl (C=O) groups excluding carboxylic acids is 1. The van der Waals surface area contributed by atoms with Crippen LogP contribution in [0.15, 0.2) is 27.8 Å². The van der Waals surface area contributed by atoms with E-state index in [4.69, 9.17) is 9.15 Å². The Bertz CT molecular complexity index is 656. The highest BCUT2D eigenvalue weighted by Crippen LogP contribution is 2.20. The largest absolute Gasteiger partial charge is 0.468 e. The monoisotopic (exact) mass is 535 g/mol. The van der Waals surface area contributed by atoms with Crippen molar-refractivity contribution in [2.45, 2.75) is 58.7 Å². The number of rotatable bonds is 7. The van der Waals surface area contributed by atoms with Crippen molar-refractivity contribution in [1.29, 1.82) is 0 Å². The Hall–Kier alpha value is -1.49. The first-order valence-electron chi connectivity index (χ1n) is 10.5. The highest BCUT2D eigenvalue weighted by atomic mass is 127. The van der Waals surface area contributed by atoms with Crippen LogP contribution in [0.4, 0.5) is 4.79 Å². The van der Waals surface area contributed by atoms with Gasteiger partial charge in [-0.3, -0.25) is 9.89 Å². The highest BCUT2D eigenvalue weighted by molar-refractivity contribution is 14.0. The molecule has 2 atom stereocenters. The number of carbonyl (C=O) groups is 1. The lowest BCUT2D eigenvalue weighted by atomic mass is 10.2. The summed E-state index contributed by atoms with van der Waals surface area (Å²) in [6.45, 7) is 14.0. The van der Waals surface area contributed by atoms with Gasteiger partial charge in [-0.2, -0.15) is 0 Å². The summed E-state index contributed by atoms with van der Waals surface area (Å²) in [6.07, 6.45) is 2.21. The van der Waals surface area contributed by atoms with Crippen LogP contribution < -0.4 is 10.6 Å². The normalized spacial score (nSPS) is 18.2. The van der Waals surface area contributed by atoms with Gasteiger partial charge in [-0.15, -0.1) is 24.0 Å². The van der Waals surface area contributed by atoms with E-state index in [2.05, 4.69) is 39.3 Å². The van der Waals surface area contributed by atoms with Crippen LogP contribution in [0.3, 0.4) is 0 Å². The summed E-state index contributed by atoms with van der Waals surface area (Å²) in [7, 11) is 1.79.